The number of benzene rings is 2. The fourth-order valence-corrected chi connectivity index (χ4v) is 2.99. The Bertz CT molecular complexity index is 888. The van der Waals surface area contributed by atoms with Crippen molar-refractivity contribution in [3.63, 3.8) is 0 Å². The second kappa shape index (κ2) is 8.03. The van der Waals surface area contributed by atoms with Crippen LogP contribution in [0.4, 0.5) is 5.69 Å². The quantitative estimate of drug-likeness (QED) is 0.450. The number of hydrogen-bond donors (Lipinski definition) is 1. The van der Waals surface area contributed by atoms with Gasteiger partial charge in [0.15, 0.2) is 17.3 Å². The number of nitrogen functional groups attached to an aromatic ring is 1. The van der Waals surface area contributed by atoms with E-state index in [1.165, 1.54) is 7.11 Å². The zero-order valence-corrected chi connectivity index (χ0v) is 15.7. The number of Topliss-reactive ketones (excluding diaryl/α,β-unsaturated/α-hetero) is 1. The number of hydrogen-bond acceptors (Lipinski definition) is 6. The lowest BCUT2D eigenvalue weighted by Gasteiger charge is -2.10. The van der Waals surface area contributed by atoms with E-state index in [2.05, 4.69) is 0 Å². The summed E-state index contributed by atoms with van der Waals surface area (Å²) in [4.78, 5) is 13.1. The summed E-state index contributed by atoms with van der Waals surface area (Å²) in [5.74, 6) is 2.20. The fraction of sp³-hybridized carbons (Fsp3) is 0.286. The van der Waals surface area contributed by atoms with Crippen molar-refractivity contribution in [2.45, 2.75) is 19.8 Å². The molecule has 0 saturated carbocycles. The largest absolute Gasteiger partial charge is 0.495 e. The van der Waals surface area contributed by atoms with Gasteiger partial charge < -0.3 is 24.7 Å². The van der Waals surface area contributed by atoms with Crippen LogP contribution in [-0.2, 0) is 0 Å². The Morgan fingerprint density at radius 2 is 1.93 bits per heavy atom. The van der Waals surface area contributed by atoms with Crippen LogP contribution in [0, 0.1) is 0 Å². The molecule has 3 rings (SSSR count). The topological polar surface area (TPSA) is 80.0 Å². The highest BCUT2D eigenvalue weighted by Gasteiger charge is 2.20. The number of carbonyl (C=O) groups excluding carboxylic acids is 1. The van der Waals surface area contributed by atoms with Crippen molar-refractivity contribution in [1.29, 1.82) is 0 Å². The molecule has 0 aromatic heterocycles. The molecule has 27 heavy (non-hydrogen) atoms. The van der Waals surface area contributed by atoms with Crippen LogP contribution in [0.15, 0.2) is 35.9 Å². The van der Waals surface area contributed by atoms with Gasteiger partial charge in [0.1, 0.15) is 5.75 Å². The van der Waals surface area contributed by atoms with Gasteiger partial charge >= 0.3 is 0 Å². The average molecular weight is 369 g/mol. The van der Waals surface area contributed by atoms with Gasteiger partial charge in [-0.15, -0.1) is 0 Å². The van der Waals surface area contributed by atoms with Crippen LogP contribution in [-0.4, -0.2) is 26.8 Å². The molecule has 0 atom stereocenters. The van der Waals surface area contributed by atoms with Gasteiger partial charge in [-0.3, -0.25) is 4.79 Å². The first-order chi connectivity index (χ1) is 13.1. The first-order valence-electron chi connectivity index (χ1n) is 8.73. The van der Waals surface area contributed by atoms with Crippen LogP contribution >= 0.6 is 0 Å². The van der Waals surface area contributed by atoms with E-state index >= 15 is 0 Å². The van der Waals surface area contributed by atoms with Crippen molar-refractivity contribution in [3.8, 4) is 23.0 Å². The Balaban J connectivity index is 1.99. The molecule has 2 aromatic rings. The summed E-state index contributed by atoms with van der Waals surface area (Å²) >= 11 is 0. The van der Waals surface area contributed by atoms with E-state index in [9.17, 15) is 4.79 Å². The van der Waals surface area contributed by atoms with E-state index in [-0.39, 0.29) is 12.6 Å². The van der Waals surface area contributed by atoms with Gasteiger partial charge in [0.25, 0.3) is 0 Å². The lowest BCUT2D eigenvalue weighted by atomic mass is 9.97. The number of ether oxygens (including phenoxy) is 4. The summed E-state index contributed by atoms with van der Waals surface area (Å²) < 4.78 is 21.5. The first-order valence-corrected chi connectivity index (χ1v) is 8.73. The standard InChI is InChI=1S/C21H23NO5/c1-4-5-14(20(23)15-6-7-16(22)17(11-15)24-2)8-13-9-18(25-3)21-19(10-13)26-12-27-21/h6-11H,4-5,12,22H2,1-3H3. The minimum Gasteiger partial charge on any atom is -0.495 e. The normalized spacial score (nSPS) is 12.8. The minimum atomic E-state index is -0.0632. The van der Waals surface area contributed by atoms with Gasteiger partial charge in [-0.2, -0.15) is 0 Å². The summed E-state index contributed by atoms with van der Waals surface area (Å²) in [6.45, 7) is 2.19. The highest BCUT2D eigenvalue weighted by molar-refractivity contribution is 6.11. The summed E-state index contributed by atoms with van der Waals surface area (Å²) in [5.41, 5.74) is 8.38. The smallest absolute Gasteiger partial charge is 0.231 e. The van der Waals surface area contributed by atoms with E-state index in [4.69, 9.17) is 24.7 Å². The molecule has 1 aliphatic rings. The van der Waals surface area contributed by atoms with Crippen LogP contribution < -0.4 is 24.7 Å². The number of carbonyl (C=O) groups is 1. The zero-order chi connectivity index (χ0) is 19.4. The van der Waals surface area contributed by atoms with Crippen molar-refractivity contribution in [2.24, 2.45) is 0 Å². The molecule has 0 bridgehead atoms. The van der Waals surface area contributed by atoms with Crippen LogP contribution in [0.2, 0.25) is 0 Å². The van der Waals surface area contributed by atoms with Crippen LogP contribution in [0.5, 0.6) is 23.0 Å². The number of rotatable bonds is 7. The molecule has 2 aromatic carbocycles. The second-order valence-corrected chi connectivity index (χ2v) is 6.16. The third-order valence-corrected chi connectivity index (χ3v) is 4.33. The lowest BCUT2D eigenvalue weighted by Crippen LogP contribution is -2.05. The summed E-state index contributed by atoms with van der Waals surface area (Å²) in [7, 11) is 3.10. The van der Waals surface area contributed by atoms with Crippen molar-refractivity contribution >= 4 is 17.5 Å². The molecule has 2 N–H and O–H groups in total. The van der Waals surface area contributed by atoms with Gasteiger partial charge in [0.2, 0.25) is 12.5 Å². The number of methoxy groups -OCH3 is 2. The molecule has 1 heterocycles. The number of anilines is 1. The molecular weight excluding hydrogens is 346 g/mol. The van der Waals surface area contributed by atoms with E-state index in [0.29, 0.717) is 46.2 Å². The molecule has 0 radical (unpaired) electrons. The fourth-order valence-electron chi connectivity index (χ4n) is 2.99. The SMILES string of the molecule is CCCC(=Cc1cc(OC)c2c(c1)OCO2)C(=O)c1ccc(N)c(OC)c1. The average Bonchev–Trinajstić information content (AvgIpc) is 3.15. The third-order valence-electron chi connectivity index (χ3n) is 4.33. The number of nitrogens with two attached hydrogens (primary N) is 1. The van der Waals surface area contributed by atoms with E-state index in [0.717, 1.165) is 12.0 Å². The first kappa shape index (κ1) is 18.6. The maximum Gasteiger partial charge on any atom is 0.231 e. The Hall–Kier alpha value is -3.15. The zero-order valence-electron chi connectivity index (χ0n) is 15.7. The van der Waals surface area contributed by atoms with Crippen molar-refractivity contribution < 1.29 is 23.7 Å². The molecule has 0 fully saturated rings. The van der Waals surface area contributed by atoms with Gasteiger partial charge in [-0.25, -0.2) is 0 Å². The maximum absolute atomic E-state index is 13.1. The molecule has 1 aliphatic heterocycles. The molecular formula is C21H23NO5. The Kier molecular flexibility index (Phi) is 5.54. The van der Waals surface area contributed by atoms with E-state index < -0.39 is 0 Å². The molecule has 0 amide bonds. The van der Waals surface area contributed by atoms with Crippen molar-refractivity contribution in [2.75, 3.05) is 26.7 Å². The molecule has 142 valence electrons. The highest BCUT2D eigenvalue weighted by Crippen LogP contribution is 2.42. The summed E-state index contributed by atoms with van der Waals surface area (Å²) in [6.07, 6.45) is 3.34. The molecule has 0 saturated heterocycles. The number of ketones is 1. The third kappa shape index (κ3) is 3.84. The summed E-state index contributed by atoms with van der Waals surface area (Å²) in [6, 6.07) is 8.74. The lowest BCUT2D eigenvalue weighted by molar-refractivity contribution is 0.103. The minimum absolute atomic E-state index is 0.0632. The Morgan fingerprint density at radius 1 is 1.15 bits per heavy atom. The van der Waals surface area contributed by atoms with Gasteiger partial charge in [0.05, 0.1) is 19.9 Å². The summed E-state index contributed by atoms with van der Waals surface area (Å²) in [5, 5.41) is 0. The predicted octanol–water partition coefficient (Wildman–Crippen LogP) is 4.08. The maximum atomic E-state index is 13.1. The monoisotopic (exact) mass is 369 g/mol. The highest BCUT2D eigenvalue weighted by atomic mass is 16.7. The molecule has 6 heteroatoms. The Labute approximate surface area is 158 Å². The molecule has 0 unspecified atom stereocenters. The van der Waals surface area contributed by atoms with E-state index in [1.54, 1.807) is 25.3 Å². The predicted molar refractivity (Wildman–Crippen MR) is 104 cm³/mol. The number of allylic oxidation sites excluding steroid dienone is 1. The Morgan fingerprint density at radius 3 is 2.63 bits per heavy atom. The molecule has 6 nitrogen and oxygen atoms in total. The second-order valence-electron chi connectivity index (χ2n) is 6.16. The van der Waals surface area contributed by atoms with Gasteiger partial charge in [-0.05, 0) is 48.4 Å². The van der Waals surface area contributed by atoms with Crippen molar-refractivity contribution in [3.05, 3.63) is 47.0 Å². The molecule has 0 spiro atoms. The van der Waals surface area contributed by atoms with Crippen LogP contribution in [0.1, 0.15) is 35.7 Å². The van der Waals surface area contributed by atoms with Gasteiger partial charge in [0, 0.05) is 11.1 Å². The number of fused-ring (bicyclic) bond motifs is 1. The van der Waals surface area contributed by atoms with Crippen LogP contribution in [0.25, 0.3) is 6.08 Å². The molecule has 0 aliphatic carbocycles. The van der Waals surface area contributed by atoms with Crippen LogP contribution in [0.3, 0.4) is 0 Å². The van der Waals surface area contributed by atoms with E-state index in [1.807, 2.05) is 25.1 Å². The van der Waals surface area contributed by atoms with Gasteiger partial charge in [-0.1, -0.05) is 13.3 Å². The van der Waals surface area contributed by atoms with Crippen molar-refractivity contribution in [1.82, 2.24) is 0 Å².